The van der Waals surface area contributed by atoms with Gasteiger partial charge in [0.05, 0.1) is 19.8 Å². The maximum absolute atomic E-state index is 11.6. The Bertz CT molecular complexity index is 307. The van der Waals surface area contributed by atoms with Crippen molar-refractivity contribution < 1.29 is 9.53 Å². The summed E-state index contributed by atoms with van der Waals surface area (Å²) in [4.78, 5) is 13.6. The molecule has 82 valence electrons. The van der Waals surface area contributed by atoms with Crippen molar-refractivity contribution in [3.63, 3.8) is 0 Å². The van der Waals surface area contributed by atoms with Gasteiger partial charge in [-0.1, -0.05) is 0 Å². The molecular formula is C10H15N3O2. The number of carbonyl (C=O) groups excluding carboxylic acids is 1. The number of Topliss-reactive ketones (excluding diaryl/α,β-unsaturated/α-hetero) is 1. The van der Waals surface area contributed by atoms with Crippen molar-refractivity contribution in [3.8, 4) is 6.07 Å². The van der Waals surface area contributed by atoms with Crippen LogP contribution in [0.3, 0.4) is 0 Å². The third kappa shape index (κ3) is 3.35. The summed E-state index contributed by atoms with van der Waals surface area (Å²) in [5.74, 6) is -0.209. The van der Waals surface area contributed by atoms with E-state index in [1.54, 1.807) is 6.92 Å². The lowest BCUT2D eigenvalue weighted by Crippen LogP contribution is -2.40. The van der Waals surface area contributed by atoms with E-state index in [1.165, 1.54) is 0 Å². The van der Waals surface area contributed by atoms with Gasteiger partial charge in [-0.25, -0.2) is 0 Å². The monoisotopic (exact) mass is 209 g/mol. The molecule has 15 heavy (non-hydrogen) atoms. The van der Waals surface area contributed by atoms with Gasteiger partial charge >= 0.3 is 0 Å². The maximum Gasteiger partial charge on any atom is 0.189 e. The molecule has 1 fully saturated rings. The molecule has 0 aromatic carbocycles. The zero-order valence-corrected chi connectivity index (χ0v) is 8.82. The molecule has 0 radical (unpaired) electrons. The van der Waals surface area contributed by atoms with Crippen LogP contribution in [0.2, 0.25) is 0 Å². The predicted octanol–water partition coefficient (Wildman–Crippen LogP) is -0.356. The predicted molar refractivity (Wildman–Crippen MR) is 54.8 cm³/mol. The van der Waals surface area contributed by atoms with Gasteiger partial charge in [-0.05, 0) is 6.92 Å². The average molecular weight is 209 g/mol. The van der Waals surface area contributed by atoms with Crippen molar-refractivity contribution >= 4 is 5.78 Å². The molecule has 0 bridgehead atoms. The molecule has 0 aromatic rings. The van der Waals surface area contributed by atoms with Gasteiger partial charge in [0.25, 0.3) is 0 Å². The van der Waals surface area contributed by atoms with Gasteiger partial charge in [0.15, 0.2) is 5.78 Å². The van der Waals surface area contributed by atoms with Crippen molar-refractivity contribution in [1.82, 2.24) is 4.90 Å². The zero-order chi connectivity index (χ0) is 11.3. The molecule has 0 saturated carbocycles. The number of hydrogen-bond donors (Lipinski definition) is 1. The van der Waals surface area contributed by atoms with Crippen molar-refractivity contribution in [3.05, 3.63) is 11.3 Å². The zero-order valence-electron chi connectivity index (χ0n) is 8.82. The second kappa shape index (κ2) is 5.49. The lowest BCUT2D eigenvalue weighted by Gasteiger charge is -2.25. The summed E-state index contributed by atoms with van der Waals surface area (Å²) >= 11 is 0. The lowest BCUT2D eigenvalue weighted by molar-refractivity contribution is -0.117. The van der Waals surface area contributed by atoms with E-state index < -0.39 is 0 Å². The summed E-state index contributed by atoms with van der Waals surface area (Å²) in [5, 5.41) is 8.74. The Kier molecular flexibility index (Phi) is 4.28. The quantitative estimate of drug-likeness (QED) is 0.507. The fourth-order valence-corrected chi connectivity index (χ4v) is 1.41. The van der Waals surface area contributed by atoms with Gasteiger partial charge in [-0.15, -0.1) is 0 Å². The van der Waals surface area contributed by atoms with Crippen molar-refractivity contribution in [2.24, 2.45) is 5.73 Å². The molecule has 0 unspecified atom stereocenters. The van der Waals surface area contributed by atoms with Gasteiger partial charge < -0.3 is 10.5 Å². The highest BCUT2D eigenvalue weighted by molar-refractivity contribution is 6.00. The van der Waals surface area contributed by atoms with E-state index in [2.05, 4.69) is 0 Å². The SMILES string of the molecule is C/C(N)=C(/C#N)C(=O)CN1CCOCC1. The third-order valence-electron chi connectivity index (χ3n) is 2.26. The van der Waals surface area contributed by atoms with Crippen LogP contribution in [-0.4, -0.2) is 43.5 Å². The van der Waals surface area contributed by atoms with E-state index in [-0.39, 0.29) is 23.6 Å². The molecule has 5 nitrogen and oxygen atoms in total. The first kappa shape index (κ1) is 11.7. The minimum atomic E-state index is -0.209. The lowest BCUT2D eigenvalue weighted by atomic mass is 10.1. The highest BCUT2D eigenvalue weighted by Crippen LogP contribution is 2.03. The third-order valence-corrected chi connectivity index (χ3v) is 2.26. The van der Waals surface area contributed by atoms with Crippen molar-refractivity contribution in [1.29, 1.82) is 5.26 Å². The molecule has 1 heterocycles. The molecule has 0 spiro atoms. The van der Waals surface area contributed by atoms with Crippen LogP contribution in [0.4, 0.5) is 0 Å². The van der Waals surface area contributed by atoms with Crippen LogP contribution in [0, 0.1) is 11.3 Å². The summed E-state index contributed by atoms with van der Waals surface area (Å²) in [5.41, 5.74) is 5.80. The molecule has 5 heteroatoms. The highest BCUT2D eigenvalue weighted by Gasteiger charge is 2.17. The molecule has 1 aliphatic rings. The standard InChI is InChI=1S/C10H15N3O2/c1-8(12)9(6-11)10(14)7-13-2-4-15-5-3-13/h2-5,7,12H2,1H3/b9-8+. The minimum absolute atomic E-state index is 0.0708. The first-order valence-electron chi connectivity index (χ1n) is 4.85. The second-order valence-corrected chi connectivity index (χ2v) is 3.48. The average Bonchev–Trinajstić information content (AvgIpc) is 2.19. The molecule has 0 aliphatic carbocycles. The molecular weight excluding hydrogens is 194 g/mol. The van der Waals surface area contributed by atoms with Crippen LogP contribution in [0.25, 0.3) is 0 Å². The number of hydrogen-bond acceptors (Lipinski definition) is 5. The molecule has 0 atom stereocenters. The Hall–Kier alpha value is -1.38. The maximum atomic E-state index is 11.6. The minimum Gasteiger partial charge on any atom is -0.401 e. The number of nitrogens with zero attached hydrogens (tertiary/aromatic N) is 2. The molecule has 1 saturated heterocycles. The van der Waals surface area contributed by atoms with Crippen molar-refractivity contribution in [2.45, 2.75) is 6.92 Å². The van der Waals surface area contributed by atoms with E-state index >= 15 is 0 Å². The molecule has 2 N–H and O–H groups in total. The molecule has 1 aliphatic heterocycles. The summed E-state index contributed by atoms with van der Waals surface area (Å²) in [7, 11) is 0. The first-order valence-corrected chi connectivity index (χ1v) is 4.85. The van der Waals surface area contributed by atoms with Gasteiger partial charge in [0, 0.05) is 18.8 Å². The van der Waals surface area contributed by atoms with E-state index in [9.17, 15) is 4.79 Å². The van der Waals surface area contributed by atoms with Gasteiger partial charge in [-0.2, -0.15) is 5.26 Å². The fourth-order valence-electron chi connectivity index (χ4n) is 1.41. The smallest absolute Gasteiger partial charge is 0.189 e. The first-order chi connectivity index (χ1) is 7.15. The van der Waals surface area contributed by atoms with E-state index in [0.29, 0.717) is 13.2 Å². The van der Waals surface area contributed by atoms with Crippen LogP contribution in [0.5, 0.6) is 0 Å². The number of rotatable bonds is 3. The Labute approximate surface area is 89.1 Å². The Morgan fingerprint density at radius 3 is 2.60 bits per heavy atom. The molecule has 1 rings (SSSR count). The summed E-state index contributed by atoms with van der Waals surface area (Å²) in [6.45, 7) is 4.56. The number of morpholine rings is 1. The van der Waals surface area contributed by atoms with Gasteiger partial charge in [0.1, 0.15) is 11.6 Å². The highest BCUT2D eigenvalue weighted by atomic mass is 16.5. The summed E-state index contributed by atoms with van der Waals surface area (Å²) in [6.07, 6.45) is 0. The molecule has 0 aromatic heterocycles. The van der Waals surface area contributed by atoms with Crippen LogP contribution < -0.4 is 5.73 Å². The van der Waals surface area contributed by atoms with E-state index in [0.717, 1.165) is 13.1 Å². The number of ketones is 1. The topological polar surface area (TPSA) is 79.3 Å². The Morgan fingerprint density at radius 1 is 1.53 bits per heavy atom. The summed E-state index contributed by atoms with van der Waals surface area (Å²) in [6, 6.07) is 1.84. The van der Waals surface area contributed by atoms with Gasteiger partial charge in [-0.3, -0.25) is 9.69 Å². The van der Waals surface area contributed by atoms with E-state index in [4.69, 9.17) is 15.7 Å². The normalized spacial score (nSPS) is 19.2. The molecule has 0 amide bonds. The van der Waals surface area contributed by atoms with Crippen LogP contribution in [0.1, 0.15) is 6.92 Å². The Morgan fingerprint density at radius 2 is 2.13 bits per heavy atom. The second-order valence-electron chi connectivity index (χ2n) is 3.48. The summed E-state index contributed by atoms with van der Waals surface area (Å²) < 4.78 is 5.16. The van der Waals surface area contributed by atoms with Crippen LogP contribution in [-0.2, 0) is 9.53 Å². The number of allylic oxidation sites excluding steroid dienone is 1. The van der Waals surface area contributed by atoms with Crippen LogP contribution >= 0.6 is 0 Å². The number of carbonyl (C=O) groups is 1. The van der Waals surface area contributed by atoms with Gasteiger partial charge in [0.2, 0.25) is 0 Å². The fraction of sp³-hybridized carbons (Fsp3) is 0.600. The number of nitriles is 1. The van der Waals surface area contributed by atoms with Crippen molar-refractivity contribution in [2.75, 3.05) is 32.8 Å². The number of ether oxygens (including phenoxy) is 1. The van der Waals surface area contributed by atoms with Crippen LogP contribution in [0.15, 0.2) is 11.3 Å². The Balaban J connectivity index is 2.55. The van der Waals surface area contributed by atoms with E-state index in [1.807, 2.05) is 11.0 Å². The largest absolute Gasteiger partial charge is 0.401 e. The number of nitrogens with two attached hydrogens (primary N) is 1.